The van der Waals surface area contributed by atoms with Crippen LogP contribution >= 0.6 is 0 Å². The second-order valence-electron chi connectivity index (χ2n) is 14.4. The van der Waals surface area contributed by atoms with Crippen molar-refractivity contribution in [2.24, 2.45) is 0 Å². The van der Waals surface area contributed by atoms with Crippen LogP contribution in [0, 0.1) is 0 Å². The molecular formula is C53H36N4. The van der Waals surface area contributed by atoms with Crippen LogP contribution in [0.2, 0.25) is 0 Å². The molecular weight excluding hydrogens is 693 g/mol. The van der Waals surface area contributed by atoms with Gasteiger partial charge in [0.05, 0.1) is 22.1 Å². The Morgan fingerprint density at radius 1 is 0.351 bits per heavy atom. The zero-order valence-electron chi connectivity index (χ0n) is 31.1. The van der Waals surface area contributed by atoms with E-state index in [0.717, 1.165) is 50.9 Å². The summed E-state index contributed by atoms with van der Waals surface area (Å²) < 4.78 is 4.64. The van der Waals surface area contributed by atoms with Gasteiger partial charge in [-0.25, -0.2) is 4.98 Å². The van der Waals surface area contributed by atoms with E-state index in [4.69, 9.17) is 4.98 Å². The van der Waals surface area contributed by atoms with E-state index in [-0.39, 0.29) is 0 Å². The Morgan fingerprint density at radius 2 is 0.930 bits per heavy atom. The lowest BCUT2D eigenvalue weighted by molar-refractivity contribution is 1.10. The number of imidazole rings is 1. The Balaban J connectivity index is 1.01. The van der Waals surface area contributed by atoms with Gasteiger partial charge in [-0.15, -0.1) is 0 Å². The van der Waals surface area contributed by atoms with Gasteiger partial charge in [0.25, 0.3) is 0 Å². The van der Waals surface area contributed by atoms with Crippen molar-refractivity contribution < 1.29 is 0 Å². The summed E-state index contributed by atoms with van der Waals surface area (Å²) in [6, 6.07) is 78.0. The Labute approximate surface area is 330 Å². The summed E-state index contributed by atoms with van der Waals surface area (Å²) in [5.41, 5.74) is 13.4. The first-order chi connectivity index (χ1) is 28.3. The molecule has 0 aliphatic heterocycles. The van der Waals surface area contributed by atoms with Crippen LogP contribution in [0.4, 0.5) is 17.1 Å². The van der Waals surface area contributed by atoms with Crippen molar-refractivity contribution in [3.05, 3.63) is 218 Å². The molecule has 0 atom stereocenters. The molecule has 2 heterocycles. The highest BCUT2D eigenvalue weighted by Crippen LogP contribution is 2.41. The molecule has 0 aliphatic rings. The molecule has 4 nitrogen and oxygen atoms in total. The lowest BCUT2D eigenvalue weighted by Crippen LogP contribution is -2.09. The molecule has 57 heavy (non-hydrogen) atoms. The smallest absolute Gasteiger partial charge is 0.145 e. The number of anilines is 3. The first-order valence-electron chi connectivity index (χ1n) is 19.4. The Kier molecular flexibility index (Phi) is 7.78. The fraction of sp³-hybridized carbons (Fsp3) is 0. The maximum Gasteiger partial charge on any atom is 0.145 e. The van der Waals surface area contributed by atoms with Crippen LogP contribution < -0.4 is 4.90 Å². The number of fused-ring (bicyclic) bond motifs is 5. The van der Waals surface area contributed by atoms with E-state index < -0.39 is 0 Å². The Morgan fingerprint density at radius 3 is 1.74 bits per heavy atom. The molecule has 11 rings (SSSR count). The van der Waals surface area contributed by atoms with Crippen LogP contribution in [0.25, 0.3) is 77.5 Å². The maximum atomic E-state index is 5.12. The monoisotopic (exact) mass is 728 g/mol. The molecule has 4 heteroatoms. The first kappa shape index (κ1) is 32.7. The third-order valence-electron chi connectivity index (χ3n) is 11.1. The number of aromatic nitrogens is 3. The predicted octanol–water partition coefficient (Wildman–Crippen LogP) is 14.1. The average Bonchev–Trinajstić information content (AvgIpc) is 3.84. The van der Waals surface area contributed by atoms with Crippen LogP contribution in [0.3, 0.4) is 0 Å². The van der Waals surface area contributed by atoms with E-state index in [0.29, 0.717) is 0 Å². The van der Waals surface area contributed by atoms with E-state index in [2.05, 4.69) is 226 Å². The van der Waals surface area contributed by atoms with Crippen LogP contribution in [-0.4, -0.2) is 14.1 Å². The molecule has 0 amide bonds. The van der Waals surface area contributed by atoms with Crippen LogP contribution in [0.1, 0.15) is 0 Å². The van der Waals surface area contributed by atoms with Crippen LogP contribution in [-0.2, 0) is 0 Å². The SMILES string of the molecule is c1ccc(N(c2ccc(-c3nc4ccccc4n3-c3ccccc3)cc2)c2ccc3c(c2)c2ccccc2n3-c2ccc(-c3cccc4ccccc34)cc2)cc1. The Bertz CT molecular complexity index is 3210. The zero-order valence-corrected chi connectivity index (χ0v) is 31.1. The van der Waals surface area contributed by atoms with Gasteiger partial charge in [-0.3, -0.25) is 4.57 Å². The summed E-state index contributed by atoms with van der Waals surface area (Å²) in [4.78, 5) is 7.46. The first-order valence-corrected chi connectivity index (χ1v) is 19.4. The second kappa shape index (κ2) is 13.6. The van der Waals surface area contributed by atoms with Gasteiger partial charge in [-0.1, -0.05) is 121 Å². The van der Waals surface area contributed by atoms with Crippen molar-refractivity contribution in [1.82, 2.24) is 14.1 Å². The molecule has 0 saturated carbocycles. The molecule has 268 valence electrons. The number of nitrogens with zero attached hydrogens (tertiary/aromatic N) is 4. The summed E-state index contributed by atoms with van der Waals surface area (Å²) in [5, 5.41) is 4.94. The van der Waals surface area contributed by atoms with Gasteiger partial charge in [-0.05, 0) is 119 Å². The fourth-order valence-electron chi connectivity index (χ4n) is 8.49. The molecule has 0 bridgehead atoms. The summed E-state index contributed by atoms with van der Waals surface area (Å²) in [7, 11) is 0. The highest BCUT2D eigenvalue weighted by atomic mass is 15.1. The van der Waals surface area contributed by atoms with Crippen molar-refractivity contribution in [3.8, 4) is 33.9 Å². The number of hydrogen-bond donors (Lipinski definition) is 0. The minimum atomic E-state index is 0.916. The summed E-state index contributed by atoms with van der Waals surface area (Å²) in [6.45, 7) is 0. The lowest BCUT2D eigenvalue weighted by Gasteiger charge is -2.26. The van der Waals surface area contributed by atoms with Crippen molar-refractivity contribution >= 4 is 60.7 Å². The molecule has 0 N–H and O–H groups in total. The van der Waals surface area contributed by atoms with Crippen molar-refractivity contribution in [2.45, 2.75) is 0 Å². The van der Waals surface area contributed by atoms with E-state index in [9.17, 15) is 0 Å². The minimum Gasteiger partial charge on any atom is -0.310 e. The third-order valence-corrected chi connectivity index (χ3v) is 11.1. The number of benzene rings is 9. The lowest BCUT2D eigenvalue weighted by atomic mass is 9.98. The average molecular weight is 729 g/mol. The number of rotatable bonds is 7. The summed E-state index contributed by atoms with van der Waals surface area (Å²) >= 11 is 0. The van der Waals surface area contributed by atoms with E-state index >= 15 is 0 Å². The molecule has 9 aromatic carbocycles. The van der Waals surface area contributed by atoms with Crippen molar-refractivity contribution in [3.63, 3.8) is 0 Å². The topological polar surface area (TPSA) is 26.0 Å². The molecule has 0 saturated heterocycles. The zero-order chi connectivity index (χ0) is 37.7. The number of para-hydroxylation sites is 5. The molecule has 2 aromatic heterocycles. The molecule has 0 spiro atoms. The minimum absolute atomic E-state index is 0.916. The van der Waals surface area contributed by atoms with Gasteiger partial charge in [0.2, 0.25) is 0 Å². The van der Waals surface area contributed by atoms with E-state index in [1.54, 1.807) is 0 Å². The molecule has 0 aliphatic carbocycles. The van der Waals surface area contributed by atoms with Gasteiger partial charge < -0.3 is 9.47 Å². The quantitative estimate of drug-likeness (QED) is 0.163. The summed E-state index contributed by atoms with van der Waals surface area (Å²) in [5.74, 6) is 0.916. The highest BCUT2D eigenvalue weighted by molar-refractivity contribution is 6.11. The normalized spacial score (nSPS) is 11.5. The van der Waals surface area contributed by atoms with Gasteiger partial charge in [0.1, 0.15) is 5.82 Å². The Hall–Kier alpha value is -7.69. The molecule has 0 fully saturated rings. The summed E-state index contributed by atoms with van der Waals surface area (Å²) in [6.07, 6.45) is 0. The van der Waals surface area contributed by atoms with E-state index in [1.807, 2.05) is 6.07 Å². The van der Waals surface area contributed by atoms with Gasteiger partial charge >= 0.3 is 0 Å². The third kappa shape index (κ3) is 5.58. The van der Waals surface area contributed by atoms with Gasteiger partial charge in [0, 0.05) is 44.8 Å². The molecule has 11 aromatic rings. The fourth-order valence-corrected chi connectivity index (χ4v) is 8.49. The maximum absolute atomic E-state index is 5.12. The molecule has 0 radical (unpaired) electrons. The number of hydrogen-bond acceptors (Lipinski definition) is 2. The highest BCUT2D eigenvalue weighted by Gasteiger charge is 2.19. The van der Waals surface area contributed by atoms with Crippen LogP contribution in [0.15, 0.2) is 218 Å². The van der Waals surface area contributed by atoms with E-state index in [1.165, 1.54) is 43.7 Å². The van der Waals surface area contributed by atoms with Crippen LogP contribution in [0.5, 0.6) is 0 Å². The standard InChI is InChI=1S/C53H36N4/c1-3-16-40(17-4-1)55(42-32-28-39(29-33-42)53-54-49-23-10-12-25-52(49)57(53)41-18-5-2-6-19-41)44-34-35-51-48(36-44)47-21-9-11-24-50(47)56(51)43-30-26-38(27-31-43)46-22-13-15-37-14-7-8-20-45(37)46/h1-36H. The molecule has 0 unspecified atom stereocenters. The van der Waals surface area contributed by atoms with Crippen molar-refractivity contribution in [2.75, 3.05) is 4.90 Å². The largest absolute Gasteiger partial charge is 0.310 e. The predicted molar refractivity (Wildman–Crippen MR) is 238 cm³/mol. The van der Waals surface area contributed by atoms with Gasteiger partial charge in [0.15, 0.2) is 0 Å². The van der Waals surface area contributed by atoms with Gasteiger partial charge in [-0.2, -0.15) is 0 Å². The van der Waals surface area contributed by atoms with Crippen molar-refractivity contribution in [1.29, 1.82) is 0 Å². The second-order valence-corrected chi connectivity index (χ2v) is 14.4.